The molecule has 7 nitrogen and oxygen atoms in total. The summed E-state index contributed by atoms with van der Waals surface area (Å²) >= 11 is 0. The molecule has 28 heavy (non-hydrogen) atoms. The fourth-order valence-corrected chi connectivity index (χ4v) is 3.85. The Balaban J connectivity index is 1.99. The van der Waals surface area contributed by atoms with Crippen molar-refractivity contribution in [3.05, 3.63) is 52.6 Å². The zero-order valence-corrected chi connectivity index (χ0v) is 15.1. The van der Waals surface area contributed by atoms with Crippen LogP contribution in [0.15, 0.2) is 41.5 Å². The van der Waals surface area contributed by atoms with Crippen LogP contribution < -0.4 is 4.74 Å². The van der Waals surface area contributed by atoms with Gasteiger partial charge in [0.15, 0.2) is 23.4 Å². The zero-order chi connectivity index (χ0) is 20.2. The van der Waals surface area contributed by atoms with Gasteiger partial charge in [-0.25, -0.2) is 4.79 Å². The molecule has 0 aromatic heterocycles. The molecule has 0 saturated heterocycles. The van der Waals surface area contributed by atoms with Gasteiger partial charge < -0.3 is 14.6 Å². The third-order valence-corrected chi connectivity index (χ3v) is 5.00. The van der Waals surface area contributed by atoms with E-state index in [1.165, 1.54) is 6.92 Å². The lowest BCUT2D eigenvalue weighted by Crippen LogP contribution is -2.40. The number of carboxylic acids is 1. The third kappa shape index (κ3) is 2.63. The van der Waals surface area contributed by atoms with E-state index in [0.29, 0.717) is 10.8 Å². The molecule has 0 bridgehead atoms. The Morgan fingerprint density at radius 1 is 1.18 bits per heavy atom. The van der Waals surface area contributed by atoms with E-state index in [1.54, 1.807) is 37.3 Å². The number of ether oxygens (including phenoxy) is 2. The van der Waals surface area contributed by atoms with Crippen molar-refractivity contribution in [1.82, 2.24) is 0 Å². The number of ketones is 2. The van der Waals surface area contributed by atoms with Crippen molar-refractivity contribution in [3.63, 3.8) is 0 Å². The molecule has 1 aliphatic heterocycles. The van der Waals surface area contributed by atoms with Crippen LogP contribution in [0.4, 0.5) is 0 Å². The number of aliphatic carboxylic acids is 1. The van der Waals surface area contributed by atoms with Gasteiger partial charge >= 0.3 is 11.9 Å². The number of fused-ring (bicyclic) bond motifs is 2. The molecule has 0 spiro atoms. The van der Waals surface area contributed by atoms with Gasteiger partial charge in [0.2, 0.25) is 0 Å². The summed E-state index contributed by atoms with van der Waals surface area (Å²) in [5, 5.41) is 10.5. The second-order valence-electron chi connectivity index (χ2n) is 6.80. The van der Waals surface area contributed by atoms with Gasteiger partial charge in [-0.3, -0.25) is 14.4 Å². The molecule has 2 aromatic rings. The SMILES string of the molecule is CC(=O)Oc1c2c(cc3ccccc13)C(=O)C1=C(CC(C(=O)O)OC1C)C2=O. The Hall–Kier alpha value is -3.32. The minimum absolute atomic E-state index is 0.00381. The van der Waals surface area contributed by atoms with Crippen LogP contribution in [0, 0.1) is 0 Å². The molecule has 0 saturated carbocycles. The predicted octanol–water partition coefficient (Wildman–Crippen LogP) is 2.70. The summed E-state index contributed by atoms with van der Waals surface area (Å²) in [4.78, 5) is 49.6. The van der Waals surface area contributed by atoms with Crippen molar-refractivity contribution in [2.45, 2.75) is 32.5 Å². The number of Topliss-reactive ketones (excluding diaryl/α,β-unsaturated/α-hetero) is 2. The maximum Gasteiger partial charge on any atom is 0.333 e. The van der Waals surface area contributed by atoms with Crippen LogP contribution >= 0.6 is 0 Å². The van der Waals surface area contributed by atoms with E-state index in [4.69, 9.17) is 9.47 Å². The van der Waals surface area contributed by atoms with E-state index in [9.17, 15) is 24.3 Å². The summed E-state index contributed by atoms with van der Waals surface area (Å²) < 4.78 is 10.8. The van der Waals surface area contributed by atoms with Crippen molar-refractivity contribution in [1.29, 1.82) is 0 Å². The monoisotopic (exact) mass is 380 g/mol. The lowest BCUT2D eigenvalue weighted by molar-refractivity contribution is -0.153. The number of benzene rings is 2. The maximum atomic E-state index is 13.3. The zero-order valence-electron chi connectivity index (χ0n) is 15.1. The highest BCUT2D eigenvalue weighted by Crippen LogP contribution is 2.42. The molecular formula is C21H16O7. The summed E-state index contributed by atoms with van der Waals surface area (Å²) in [5.74, 6) is -2.73. The van der Waals surface area contributed by atoms with Gasteiger partial charge in [-0.15, -0.1) is 0 Å². The first-order valence-electron chi connectivity index (χ1n) is 8.74. The molecule has 1 aliphatic carbocycles. The molecule has 1 N–H and O–H groups in total. The Morgan fingerprint density at radius 2 is 1.89 bits per heavy atom. The number of hydrogen-bond donors (Lipinski definition) is 1. The molecule has 142 valence electrons. The van der Waals surface area contributed by atoms with E-state index in [-0.39, 0.29) is 34.4 Å². The molecule has 7 heteroatoms. The molecule has 2 atom stereocenters. The highest BCUT2D eigenvalue weighted by Gasteiger charge is 2.43. The van der Waals surface area contributed by atoms with Gasteiger partial charge in [0, 0.05) is 35.4 Å². The van der Waals surface area contributed by atoms with Gasteiger partial charge in [-0.05, 0) is 18.4 Å². The van der Waals surface area contributed by atoms with Crippen molar-refractivity contribution in [2.24, 2.45) is 0 Å². The summed E-state index contributed by atoms with van der Waals surface area (Å²) in [5.41, 5.74) is 0.394. The normalized spacial score (nSPS) is 21.4. The molecule has 1 heterocycles. The second-order valence-corrected chi connectivity index (χ2v) is 6.80. The number of carbonyl (C=O) groups is 4. The highest BCUT2D eigenvalue weighted by molar-refractivity contribution is 6.30. The number of rotatable bonds is 2. The topological polar surface area (TPSA) is 107 Å². The predicted molar refractivity (Wildman–Crippen MR) is 97.5 cm³/mol. The van der Waals surface area contributed by atoms with Crippen LogP contribution in [0.5, 0.6) is 5.75 Å². The smallest absolute Gasteiger partial charge is 0.333 e. The van der Waals surface area contributed by atoms with E-state index >= 15 is 0 Å². The lowest BCUT2D eigenvalue weighted by atomic mass is 9.77. The molecule has 2 aromatic carbocycles. The minimum atomic E-state index is -1.22. The summed E-state index contributed by atoms with van der Waals surface area (Å²) in [6.07, 6.45) is -2.27. The second kappa shape index (κ2) is 6.38. The Morgan fingerprint density at radius 3 is 2.57 bits per heavy atom. The molecule has 0 amide bonds. The van der Waals surface area contributed by atoms with E-state index in [1.807, 2.05) is 0 Å². The first-order valence-corrected chi connectivity index (χ1v) is 8.74. The standard InChI is InChI=1S/C21H16O7/c1-9-16-14(8-15(27-9)21(25)26)19(24)17-13(18(16)23)7-11-5-3-4-6-12(11)20(17)28-10(2)22/h3-7,9,15H,8H2,1-2H3,(H,25,26). The molecule has 2 unspecified atom stereocenters. The molecule has 4 rings (SSSR count). The first-order chi connectivity index (χ1) is 13.3. The molecule has 0 radical (unpaired) electrons. The first kappa shape index (κ1) is 18.1. The van der Waals surface area contributed by atoms with Crippen molar-refractivity contribution < 1.29 is 33.8 Å². The van der Waals surface area contributed by atoms with Crippen LogP contribution in [0.25, 0.3) is 10.8 Å². The maximum absolute atomic E-state index is 13.3. The Kier molecular flexibility index (Phi) is 4.12. The van der Waals surface area contributed by atoms with Crippen LogP contribution in [0.3, 0.4) is 0 Å². The van der Waals surface area contributed by atoms with Crippen molar-refractivity contribution >= 4 is 34.3 Å². The molecule has 2 aliphatic rings. The van der Waals surface area contributed by atoms with Gasteiger partial charge in [-0.1, -0.05) is 24.3 Å². The Bertz CT molecular complexity index is 1110. The van der Waals surface area contributed by atoms with E-state index in [2.05, 4.69) is 0 Å². The van der Waals surface area contributed by atoms with Gasteiger partial charge in [0.1, 0.15) is 0 Å². The average Bonchev–Trinajstić information content (AvgIpc) is 2.64. The molecule has 0 fully saturated rings. The quantitative estimate of drug-likeness (QED) is 0.630. The number of esters is 1. The van der Waals surface area contributed by atoms with Gasteiger partial charge in [0.05, 0.1) is 11.7 Å². The number of hydrogen-bond acceptors (Lipinski definition) is 6. The van der Waals surface area contributed by atoms with Crippen molar-refractivity contribution in [3.8, 4) is 5.75 Å². The average molecular weight is 380 g/mol. The van der Waals surface area contributed by atoms with Crippen molar-refractivity contribution in [2.75, 3.05) is 0 Å². The summed E-state index contributed by atoms with van der Waals surface area (Å²) in [6.45, 7) is 2.76. The van der Waals surface area contributed by atoms with E-state index < -0.39 is 35.7 Å². The van der Waals surface area contributed by atoms with Crippen LogP contribution in [-0.4, -0.2) is 40.8 Å². The third-order valence-electron chi connectivity index (χ3n) is 5.00. The fourth-order valence-electron chi connectivity index (χ4n) is 3.85. The number of carbonyl (C=O) groups excluding carboxylic acids is 3. The van der Waals surface area contributed by atoms with Crippen LogP contribution in [0.1, 0.15) is 41.0 Å². The van der Waals surface area contributed by atoms with Crippen LogP contribution in [-0.2, 0) is 14.3 Å². The Labute approximate surface area is 159 Å². The lowest BCUT2D eigenvalue weighted by Gasteiger charge is -2.33. The summed E-state index contributed by atoms with van der Waals surface area (Å²) in [7, 11) is 0. The fraction of sp³-hybridized carbons (Fsp3) is 0.238. The minimum Gasteiger partial charge on any atom is -0.479 e. The largest absolute Gasteiger partial charge is 0.479 e. The number of carboxylic acid groups (broad SMARTS) is 1. The van der Waals surface area contributed by atoms with Gasteiger partial charge in [-0.2, -0.15) is 0 Å². The van der Waals surface area contributed by atoms with Crippen LogP contribution in [0.2, 0.25) is 0 Å². The molecular weight excluding hydrogens is 364 g/mol. The highest BCUT2D eigenvalue weighted by atomic mass is 16.5. The summed E-state index contributed by atoms with van der Waals surface area (Å²) in [6, 6.07) is 8.56. The van der Waals surface area contributed by atoms with E-state index in [0.717, 1.165) is 0 Å². The van der Waals surface area contributed by atoms with Gasteiger partial charge in [0.25, 0.3) is 0 Å².